The van der Waals surface area contributed by atoms with Gasteiger partial charge in [0.1, 0.15) is 10.4 Å². The molecule has 1 unspecified atom stereocenters. The average molecular weight is 315 g/mol. The molecular formula is C9H13BrClNO2S. The van der Waals surface area contributed by atoms with E-state index in [1.807, 2.05) is 6.07 Å². The van der Waals surface area contributed by atoms with Crippen LogP contribution < -0.4 is 5.32 Å². The van der Waals surface area contributed by atoms with Gasteiger partial charge in [-0.25, -0.2) is 0 Å². The number of ether oxygens (including phenoxy) is 1. The Hall–Kier alpha value is 0.350. The molecule has 1 rings (SSSR count). The Morgan fingerprint density at radius 2 is 2.47 bits per heavy atom. The monoisotopic (exact) mass is 313 g/mol. The molecule has 1 heterocycles. The molecule has 2 N–H and O–H groups in total. The van der Waals surface area contributed by atoms with Crippen molar-refractivity contribution >= 4 is 38.9 Å². The highest BCUT2D eigenvalue weighted by molar-refractivity contribution is 9.10. The fourth-order valence-corrected chi connectivity index (χ4v) is 2.76. The van der Waals surface area contributed by atoms with Crippen LogP contribution in [0.3, 0.4) is 0 Å². The van der Waals surface area contributed by atoms with E-state index < -0.39 is 6.10 Å². The van der Waals surface area contributed by atoms with Crippen molar-refractivity contribution in [3.8, 4) is 0 Å². The summed E-state index contributed by atoms with van der Waals surface area (Å²) in [4.78, 5) is 0.858. The first-order chi connectivity index (χ1) is 7.15. The zero-order valence-electron chi connectivity index (χ0n) is 8.30. The smallest absolute Gasteiger partial charge is 0.107 e. The van der Waals surface area contributed by atoms with Gasteiger partial charge in [-0.1, -0.05) is 11.6 Å². The first-order valence-electron chi connectivity index (χ1n) is 4.47. The van der Waals surface area contributed by atoms with Gasteiger partial charge in [0.2, 0.25) is 0 Å². The van der Waals surface area contributed by atoms with E-state index in [9.17, 15) is 5.11 Å². The van der Waals surface area contributed by atoms with E-state index in [1.54, 1.807) is 7.11 Å². The number of aliphatic hydroxyl groups is 1. The van der Waals surface area contributed by atoms with Gasteiger partial charge in [0.25, 0.3) is 0 Å². The van der Waals surface area contributed by atoms with Gasteiger partial charge < -0.3 is 15.2 Å². The van der Waals surface area contributed by atoms with Crippen molar-refractivity contribution in [3.05, 3.63) is 19.8 Å². The van der Waals surface area contributed by atoms with Crippen molar-refractivity contribution in [3.63, 3.8) is 0 Å². The standard InChI is InChI=1S/C9H13BrClNO2S/c1-14-3-2-12-5-7(13)8-4-6(10)9(11)15-8/h4,7,12-13H,2-3,5H2,1H3. The second-order valence-corrected chi connectivity index (χ2v) is 5.52. The molecule has 1 atom stereocenters. The molecule has 6 heteroatoms. The SMILES string of the molecule is COCCNCC(O)c1cc(Br)c(Cl)s1. The first kappa shape index (κ1) is 13.4. The van der Waals surface area contributed by atoms with E-state index in [-0.39, 0.29) is 0 Å². The van der Waals surface area contributed by atoms with Gasteiger partial charge in [0.15, 0.2) is 0 Å². The zero-order chi connectivity index (χ0) is 11.3. The lowest BCUT2D eigenvalue weighted by Gasteiger charge is -2.09. The molecule has 1 aromatic heterocycles. The van der Waals surface area contributed by atoms with Crippen molar-refractivity contribution in [2.45, 2.75) is 6.10 Å². The zero-order valence-corrected chi connectivity index (χ0v) is 11.5. The topological polar surface area (TPSA) is 41.5 Å². The molecule has 0 aliphatic carbocycles. The van der Waals surface area contributed by atoms with Gasteiger partial charge in [-0.3, -0.25) is 0 Å². The van der Waals surface area contributed by atoms with Crippen molar-refractivity contribution < 1.29 is 9.84 Å². The Balaban J connectivity index is 2.36. The molecule has 0 bridgehead atoms. The minimum atomic E-state index is -0.518. The van der Waals surface area contributed by atoms with Crippen molar-refractivity contribution in [1.29, 1.82) is 0 Å². The van der Waals surface area contributed by atoms with Gasteiger partial charge in [-0.2, -0.15) is 0 Å². The van der Waals surface area contributed by atoms with Crippen molar-refractivity contribution in [1.82, 2.24) is 5.32 Å². The summed E-state index contributed by atoms with van der Waals surface area (Å²) in [6, 6.07) is 1.84. The first-order valence-corrected chi connectivity index (χ1v) is 6.46. The minimum absolute atomic E-state index is 0.507. The van der Waals surface area contributed by atoms with E-state index >= 15 is 0 Å². The number of nitrogens with one attached hydrogen (secondary N) is 1. The summed E-state index contributed by atoms with van der Waals surface area (Å²) in [5, 5.41) is 12.9. The van der Waals surface area contributed by atoms with Crippen molar-refractivity contribution in [2.24, 2.45) is 0 Å². The van der Waals surface area contributed by atoms with Crippen LogP contribution in [0.2, 0.25) is 4.34 Å². The fourth-order valence-electron chi connectivity index (χ4n) is 1.04. The summed E-state index contributed by atoms with van der Waals surface area (Å²) < 4.78 is 6.38. The largest absolute Gasteiger partial charge is 0.386 e. The molecule has 0 saturated carbocycles. The third kappa shape index (κ3) is 4.38. The summed E-state index contributed by atoms with van der Waals surface area (Å²) >= 11 is 10.6. The molecule has 0 saturated heterocycles. The van der Waals surface area contributed by atoms with Gasteiger partial charge in [-0.05, 0) is 22.0 Å². The summed E-state index contributed by atoms with van der Waals surface area (Å²) in [5.74, 6) is 0. The average Bonchev–Trinajstić information content (AvgIpc) is 2.54. The highest BCUT2D eigenvalue weighted by atomic mass is 79.9. The predicted octanol–water partition coefficient (Wildman–Crippen LogP) is 2.43. The molecule has 15 heavy (non-hydrogen) atoms. The third-order valence-electron chi connectivity index (χ3n) is 1.81. The van der Waals surface area contributed by atoms with Crippen LogP contribution in [0.5, 0.6) is 0 Å². The van der Waals surface area contributed by atoms with Crippen LogP contribution >= 0.6 is 38.9 Å². The number of rotatable bonds is 6. The third-order valence-corrected chi connectivity index (χ3v) is 4.39. The van der Waals surface area contributed by atoms with Crippen LogP contribution in [0.25, 0.3) is 0 Å². The maximum absolute atomic E-state index is 9.79. The molecule has 0 aliphatic rings. The molecule has 86 valence electrons. The normalized spacial score (nSPS) is 13.1. The number of thiophene rings is 1. The van der Waals surface area contributed by atoms with Gasteiger partial charge in [0.05, 0.1) is 6.61 Å². The van der Waals surface area contributed by atoms with Gasteiger partial charge in [0, 0.05) is 29.5 Å². The van der Waals surface area contributed by atoms with Crippen LogP contribution in [-0.4, -0.2) is 31.9 Å². The Bertz CT molecular complexity index is 289. The maximum Gasteiger partial charge on any atom is 0.107 e. The molecule has 0 spiro atoms. The highest BCUT2D eigenvalue weighted by Gasteiger charge is 2.12. The number of aliphatic hydroxyl groups excluding tert-OH is 1. The molecule has 3 nitrogen and oxygen atoms in total. The molecule has 0 amide bonds. The van der Waals surface area contributed by atoms with Crippen LogP contribution in [0, 0.1) is 0 Å². The summed E-state index contributed by atoms with van der Waals surface area (Å²) in [6.45, 7) is 1.88. The lowest BCUT2D eigenvalue weighted by atomic mass is 10.3. The summed E-state index contributed by atoms with van der Waals surface area (Å²) in [5.41, 5.74) is 0. The Labute approximate surface area is 107 Å². The Morgan fingerprint density at radius 3 is 3.00 bits per heavy atom. The van der Waals surface area contributed by atoms with Crippen LogP contribution in [0.4, 0.5) is 0 Å². The predicted molar refractivity (Wildman–Crippen MR) is 66.7 cm³/mol. The molecule has 0 aromatic carbocycles. The van der Waals surface area contributed by atoms with Crippen molar-refractivity contribution in [2.75, 3.05) is 26.8 Å². The molecule has 1 aromatic rings. The maximum atomic E-state index is 9.79. The quantitative estimate of drug-likeness (QED) is 0.793. The highest BCUT2D eigenvalue weighted by Crippen LogP contribution is 2.34. The fraction of sp³-hybridized carbons (Fsp3) is 0.556. The lowest BCUT2D eigenvalue weighted by molar-refractivity contribution is 0.164. The second kappa shape index (κ2) is 6.83. The van der Waals surface area contributed by atoms with Gasteiger partial charge in [-0.15, -0.1) is 11.3 Å². The van der Waals surface area contributed by atoms with E-state index in [1.165, 1.54) is 11.3 Å². The Morgan fingerprint density at radius 1 is 1.73 bits per heavy atom. The number of hydrogen-bond acceptors (Lipinski definition) is 4. The number of halogens is 2. The second-order valence-electron chi connectivity index (χ2n) is 2.98. The van der Waals surface area contributed by atoms with E-state index in [4.69, 9.17) is 16.3 Å². The molecule has 0 aliphatic heterocycles. The minimum Gasteiger partial charge on any atom is -0.386 e. The Kier molecular flexibility index (Phi) is 6.11. The van der Waals surface area contributed by atoms with E-state index in [2.05, 4.69) is 21.2 Å². The van der Waals surface area contributed by atoms with E-state index in [0.717, 1.165) is 15.9 Å². The number of hydrogen-bond donors (Lipinski definition) is 2. The van der Waals surface area contributed by atoms with Crippen LogP contribution in [0.15, 0.2) is 10.5 Å². The summed E-state index contributed by atoms with van der Waals surface area (Å²) in [7, 11) is 1.65. The molecule has 0 radical (unpaired) electrons. The molecule has 0 fully saturated rings. The number of methoxy groups -OCH3 is 1. The van der Waals surface area contributed by atoms with Gasteiger partial charge >= 0.3 is 0 Å². The van der Waals surface area contributed by atoms with Crippen LogP contribution in [-0.2, 0) is 4.74 Å². The van der Waals surface area contributed by atoms with E-state index in [0.29, 0.717) is 17.5 Å². The summed E-state index contributed by atoms with van der Waals surface area (Å²) in [6.07, 6.45) is -0.518. The van der Waals surface area contributed by atoms with Crippen LogP contribution in [0.1, 0.15) is 11.0 Å². The lowest BCUT2D eigenvalue weighted by Crippen LogP contribution is -2.24. The molecular weight excluding hydrogens is 302 g/mol.